The maximum atomic E-state index is 13.8. The molecule has 1 fully saturated rings. The van der Waals surface area contributed by atoms with Crippen molar-refractivity contribution in [2.75, 3.05) is 78.5 Å². The minimum Gasteiger partial charge on any atom is -0.351 e. The van der Waals surface area contributed by atoms with Gasteiger partial charge in [-0.25, -0.2) is 0 Å². The molecule has 1 saturated heterocycles. The Labute approximate surface area is 394 Å². The lowest BCUT2D eigenvalue weighted by molar-refractivity contribution is -0.125. The van der Waals surface area contributed by atoms with Gasteiger partial charge in [0.2, 0.25) is 23.6 Å². The monoisotopic (exact) mass is 904 g/mol. The second-order valence-electron chi connectivity index (χ2n) is 17.7. The Hall–Kier alpha value is -6.51. The molecular formula is C54H65N9O4. The highest BCUT2D eigenvalue weighted by Gasteiger charge is 2.23. The fourth-order valence-electron chi connectivity index (χ4n) is 8.63. The van der Waals surface area contributed by atoms with Crippen LogP contribution in [0, 0.1) is 0 Å². The largest absolute Gasteiger partial charge is 0.351 e. The zero-order valence-electron chi connectivity index (χ0n) is 39.1. The summed E-state index contributed by atoms with van der Waals surface area (Å²) in [6.07, 6.45) is 1.89. The zero-order chi connectivity index (χ0) is 47.0. The molecule has 13 heteroatoms. The predicted octanol–water partition coefficient (Wildman–Crippen LogP) is 5.86. The number of benzene rings is 5. The zero-order valence-corrected chi connectivity index (χ0v) is 39.1. The summed E-state index contributed by atoms with van der Waals surface area (Å²) in [5, 5.41) is 15.9. The molecule has 13 nitrogen and oxygen atoms in total. The van der Waals surface area contributed by atoms with Gasteiger partial charge in [0.1, 0.15) is 0 Å². The Morgan fingerprint density at radius 1 is 0.463 bits per heavy atom. The predicted molar refractivity (Wildman–Crippen MR) is 266 cm³/mol. The SMILES string of the molecule is C[C@H](NC(=O)CN1CCN(CC(=O)NCc2ccc3ncc4ccccc4c3c2)CCN(CC(=O)N[C@@H](C)c2ccccc2)CCN(CC(=O)N[C@@H](C)c2ccccc2)CC1)c1ccccc1. The number of amides is 4. The molecule has 67 heavy (non-hydrogen) atoms. The summed E-state index contributed by atoms with van der Waals surface area (Å²) in [5.74, 6) is -0.425. The summed E-state index contributed by atoms with van der Waals surface area (Å²) < 4.78 is 0. The molecule has 4 amide bonds. The lowest BCUT2D eigenvalue weighted by Crippen LogP contribution is -2.51. The summed E-state index contributed by atoms with van der Waals surface area (Å²) in [6.45, 7) is 10.9. The van der Waals surface area contributed by atoms with Crippen LogP contribution in [-0.2, 0) is 25.7 Å². The Morgan fingerprint density at radius 2 is 0.836 bits per heavy atom. The fourth-order valence-corrected chi connectivity index (χ4v) is 8.63. The van der Waals surface area contributed by atoms with Crippen molar-refractivity contribution in [2.45, 2.75) is 45.4 Å². The van der Waals surface area contributed by atoms with E-state index in [4.69, 9.17) is 0 Å². The van der Waals surface area contributed by atoms with E-state index in [2.05, 4.69) is 58.0 Å². The lowest BCUT2D eigenvalue weighted by atomic mass is 10.0. The van der Waals surface area contributed by atoms with Gasteiger partial charge in [-0.15, -0.1) is 0 Å². The smallest absolute Gasteiger partial charge is 0.234 e. The van der Waals surface area contributed by atoms with E-state index in [9.17, 15) is 19.2 Å². The molecule has 5 aromatic carbocycles. The fraction of sp³-hybridized carbons (Fsp3) is 0.352. The molecular weight excluding hydrogens is 839 g/mol. The van der Waals surface area contributed by atoms with Crippen LogP contribution in [0.1, 0.15) is 61.2 Å². The molecule has 0 bridgehead atoms. The molecule has 1 aromatic heterocycles. The molecule has 0 spiro atoms. The van der Waals surface area contributed by atoms with Crippen molar-refractivity contribution >= 4 is 45.3 Å². The number of fused-ring (bicyclic) bond motifs is 3. The van der Waals surface area contributed by atoms with Crippen LogP contribution in [0.2, 0.25) is 0 Å². The number of rotatable bonds is 16. The van der Waals surface area contributed by atoms with E-state index >= 15 is 0 Å². The third-order valence-corrected chi connectivity index (χ3v) is 12.6. The molecule has 1 aliphatic heterocycles. The minimum atomic E-state index is -0.176. The second kappa shape index (κ2) is 24.3. The molecule has 3 atom stereocenters. The molecule has 0 unspecified atom stereocenters. The summed E-state index contributed by atoms with van der Waals surface area (Å²) in [4.78, 5) is 67.9. The van der Waals surface area contributed by atoms with E-state index in [1.165, 1.54) is 0 Å². The molecule has 6 aromatic rings. The van der Waals surface area contributed by atoms with Gasteiger partial charge in [-0.3, -0.25) is 43.8 Å². The van der Waals surface area contributed by atoms with Crippen LogP contribution >= 0.6 is 0 Å². The highest BCUT2D eigenvalue weighted by molar-refractivity contribution is 6.05. The number of hydrogen-bond donors (Lipinski definition) is 4. The van der Waals surface area contributed by atoms with Crippen molar-refractivity contribution in [1.29, 1.82) is 0 Å². The van der Waals surface area contributed by atoms with Crippen molar-refractivity contribution in [2.24, 2.45) is 0 Å². The number of pyridine rings is 1. The first-order valence-corrected chi connectivity index (χ1v) is 23.5. The van der Waals surface area contributed by atoms with E-state index in [1.807, 2.05) is 148 Å². The Morgan fingerprint density at radius 3 is 1.25 bits per heavy atom. The van der Waals surface area contributed by atoms with Crippen molar-refractivity contribution in [3.05, 3.63) is 162 Å². The molecule has 0 aliphatic carbocycles. The van der Waals surface area contributed by atoms with Gasteiger partial charge in [0.15, 0.2) is 0 Å². The summed E-state index contributed by atoms with van der Waals surface area (Å²) in [6, 6.07) is 43.4. The minimum absolute atomic E-state index is 0.101. The lowest BCUT2D eigenvalue weighted by Gasteiger charge is -2.34. The summed E-state index contributed by atoms with van der Waals surface area (Å²) in [5.41, 5.74) is 4.93. The van der Waals surface area contributed by atoms with Gasteiger partial charge in [-0.1, -0.05) is 121 Å². The molecule has 350 valence electrons. The molecule has 2 heterocycles. The van der Waals surface area contributed by atoms with Crippen molar-refractivity contribution in [1.82, 2.24) is 45.9 Å². The van der Waals surface area contributed by atoms with Crippen LogP contribution in [0.4, 0.5) is 0 Å². The Kier molecular flexibility index (Phi) is 17.6. The van der Waals surface area contributed by atoms with Gasteiger partial charge in [-0.2, -0.15) is 0 Å². The third-order valence-electron chi connectivity index (χ3n) is 12.6. The summed E-state index contributed by atoms with van der Waals surface area (Å²) in [7, 11) is 0. The first kappa shape index (κ1) is 48.4. The second-order valence-corrected chi connectivity index (χ2v) is 17.7. The number of carbonyl (C=O) groups excluding carboxylic acids is 4. The van der Waals surface area contributed by atoms with E-state index in [1.54, 1.807) is 0 Å². The number of carbonyl (C=O) groups is 4. The summed E-state index contributed by atoms with van der Waals surface area (Å²) >= 11 is 0. The highest BCUT2D eigenvalue weighted by atomic mass is 16.2. The third kappa shape index (κ3) is 14.7. The quantitative estimate of drug-likeness (QED) is 0.0880. The van der Waals surface area contributed by atoms with Crippen LogP contribution in [0.15, 0.2) is 140 Å². The molecule has 0 radical (unpaired) electrons. The van der Waals surface area contributed by atoms with E-state index in [0.29, 0.717) is 58.9 Å². The normalized spacial score (nSPS) is 16.2. The van der Waals surface area contributed by atoms with Gasteiger partial charge in [0, 0.05) is 75.9 Å². The van der Waals surface area contributed by atoms with Crippen LogP contribution in [-0.4, -0.2) is 127 Å². The number of nitrogens with one attached hydrogen (secondary N) is 4. The molecule has 0 saturated carbocycles. The molecule has 1 aliphatic rings. The topological polar surface area (TPSA) is 142 Å². The highest BCUT2D eigenvalue weighted by Crippen LogP contribution is 2.24. The first-order valence-electron chi connectivity index (χ1n) is 23.5. The van der Waals surface area contributed by atoms with Crippen molar-refractivity contribution in [3.63, 3.8) is 0 Å². The number of hydrogen-bond acceptors (Lipinski definition) is 9. The van der Waals surface area contributed by atoms with E-state index in [-0.39, 0.29) is 67.9 Å². The van der Waals surface area contributed by atoms with E-state index < -0.39 is 0 Å². The maximum Gasteiger partial charge on any atom is 0.234 e. The number of aromatic nitrogens is 1. The molecule has 7 rings (SSSR count). The maximum absolute atomic E-state index is 13.8. The van der Waals surface area contributed by atoms with Crippen molar-refractivity contribution in [3.8, 4) is 0 Å². The van der Waals surface area contributed by atoms with Crippen molar-refractivity contribution < 1.29 is 19.2 Å². The average Bonchev–Trinajstić information content (AvgIpc) is 3.34. The Bertz CT molecular complexity index is 2470. The van der Waals surface area contributed by atoms with Gasteiger partial charge >= 0.3 is 0 Å². The first-order chi connectivity index (χ1) is 32.6. The Balaban J connectivity index is 1.06. The van der Waals surface area contributed by atoms with Gasteiger partial charge in [-0.05, 0) is 60.5 Å². The molecule has 4 N–H and O–H groups in total. The van der Waals surface area contributed by atoms with Crippen LogP contribution in [0.25, 0.3) is 21.7 Å². The standard InChI is InChI=1S/C54H65N9O4/c1-40(44-15-7-4-8-16-44)57-52(65)37-61-27-25-60(36-51(64)56-34-43-23-24-50-49(33-43)48-22-14-13-21-47(48)35-55-50)26-28-62(38-53(66)58-41(2)45-17-9-5-10-18-45)30-32-63(31-29-61)39-54(67)59-42(3)46-19-11-6-12-20-46/h4-24,33,35,40-42H,25-32,34,36-39H2,1-3H3,(H,56,64)(H,57,65)(H,58,66)(H,59,67)/t40-,41-,42-/m0/s1. The van der Waals surface area contributed by atoms with Crippen LogP contribution < -0.4 is 21.3 Å². The number of nitrogens with zero attached hydrogens (tertiary/aromatic N) is 5. The van der Waals surface area contributed by atoms with Gasteiger partial charge in [0.05, 0.1) is 49.8 Å². The van der Waals surface area contributed by atoms with E-state index in [0.717, 1.165) is 43.9 Å². The average molecular weight is 904 g/mol. The van der Waals surface area contributed by atoms with Gasteiger partial charge in [0.25, 0.3) is 0 Å². The van der Waals surface area contributed by atoms with Crippen LogP contribution in [0.3, 0.4) is 0 Å². The van der Waals surface area contributed by atoms with Crippen LogP contribution in [0.5, 0.6) is 0 Å². The van der Waals surface area contributed by atoms with Gasteiger partial charge < -0.3 is 21.3 Å².